The van der Waals surface area contributed by atoms with Crippen LogP contribution in [0.4, 0.5) is 0 Å². The maximum Gasteiger partial charge on any atom is 0.276 e. The first-order valence-corrected chi connectivity index (χ1v) is 8.49. The molecule has 1 aromatic heterocycles. The Morgan fingerprint density at radius 1 is 1.21 bits per heavy atom. The van der Waals surface area contributed by atoms with E-state index in [4.69, 9.17) is 4.42 Å². The van der Waals surface area contributed by atoms with Gasteiger partial charge in [-0.05, 0) is 36.6 Å². The second-order valence-electron chi connectivity index (χ2n) is 6.36. The molecule has 2 N–H and O–H groups in total. The van der Waals surface area contributed by atoms with Crippen molar-refractivity contribution in [1.82, 2.24) is 15.6 Å². The van der Waals surface area contributed by atoms with E-state index in [1.807, 2.05) is 18.2 Å². The van der Waals surface area contributed by atoms with Crippen molar-refractivity contribution in [3.8, 4) is 0 Å². The standard InChI is InChI=1S/C18H20N4O2/c23-17-15(9-12-7-8-14-16(10-12)24-11-19-14)21-18(22-17)20-13-5-3-1-2-4-6-13/h7-11,13H,1-6H2,(H2,20,21,22,23)/b15-9-. The molecule has 24 heavy (non-hydrogen) atoms. The minimum atomic E-state index is -0.177. The Balaban J connectivity index is 1.51. The first-order chi connectivity index (χ1) is 11.8. The number of aliphatic imine (C=N–C) groups is 1. The highest BCUT2D eigenvalue weighted by Gasteiger charge is 2.22. The van der Waals surface area contributed by atoms with Crippen LogP contribution in [0.15, 0.2) is 39.7 Å². The van der Waals surface area contributed by atoms with Gasteiger partial charge in [0.25, 0.3) is 5.91 Å². The van der Waals surface area contributed by atoms with Crippen LogP contribution in [0.3, 0.4) is 0 Å². The summed E-state index contributed by atoms with van der Waals surface area (Å²) < 4.78 is 5.29. The number of carbonyl (C=O) groups excluding carboxylic acids is 1. The third-order valence-electron chi connectivity index (χ3n) is 4.55. The Hall–Kier alpha value is -2.63. The molecule has 1 aliphatic carbocycles. The van der Waals surface area contributed by atoms with Gasteiger partial charge < -0.3 is 9.73 Å². The summed E-state index contributed by atoms with van der Waals surface area (Å²) in [6, 6.07) is 6.02. The van der Waals surface area contributed by atoms with Crippen LogP contribution in [0.5, 0.6) is 0 Å². The van der Waals surface area contributed by atoms with Gasteiger partial charge in [-0.1, -0.05) is 31.7 Å². The van der Waals surface area contributed by atoms with Crippen LogP contribution >= 0.6 is 0 Å². The van der Waals surface area contributed by atoms with Gasteiger partial charge in [0.1, 0.15) is 11.2 Å². The molecule has 0 atom stereocenters. The van der Waals surface area contributed by atoms with Crippen molar-refractivity contribution in [3.05, 3.63) is 35.9 Å². The van der Waals surface area contributed by atoms with E-state index in [1.54, 1.807) is 6.08 Å². The largest absolute Gasteiger partial charge is 0.443 e. The van der Waals surface area contributed by atoms with Crippen molar-refractivity contribution in [1.29, 1.82) is 0 Å². The summed E-state index contributed by atoms with van der Waals surface area (Å²) in [6.07, 6.45) is 10.5. The van der Waals surface area contributed by atoms with Crippen molar-refractivity contribution >= 4 is 29.0 Å². The summed E-state index contributed by atoms with van der Waals surface area (Å²) in [7, 11) is 0. The smallest absolute Gasteiger partial charge is 0.276 e. The fraction of sp³-hybridized carbons (Fsp3) is 0.389. The van der Waals surface area contributed by atoms with Crippen LogP contribution in [-0.2, 0) is 4.79 Å². The molecular weight excluding hydrogens is 304 g/mol. The number of nitrogens with one attached hydrogen (secondary N) is 2. The van der Waals surface area contributed by atoms with Crippen LogP contribution in [-0.4, -0.2) is 22.9 Å². The molecule has 1 aromatic carbocycles. The summed E-state index contributed by atoms with van der Waals surface area (Å²) in [5, 5.41) is 6.20. The van der Waals surface area contributed by atoms with Crippen LogP contribution < -0.4 is 10.6 Å². The van der Waals surface area contributed by atoms with Crippen molar-refractivity contribution in [2.75, 3.05) is 0 Å². The molecule has 0 spiro atoms. The van der Waals surface area contributed by atoms with Crippen molar-refractivity contribution < 1.29 is 9.21 Å². The molecule has 2 aliphatic rings. The topological polar surface area (TPSA) is 79.5 Å². The molecule has 1 aliphatic heterocycles. The summed E-state index contributed by atoms with van der Waals surface area (Å²) >= 11 is 0. The average molecular weight is 324 g/mol. The van der Waals surface area contributed by atoms with Crippen LogP contribution in [0.25, 0.3) is 17.2 Å². The van der Waals surface area contributed by atoms with Gasteiger partial charge in [-0.3, -0.25) is 10.1 Å². The first kappa shape index (κ1) is 14.9. The molecule has 6 nitrogen and oxygen atoms in total. The lowest BCUT2D eigenvalue weighted by atomic mass is 10.1. The zero-order chi connectivity index (χ0) is 16.4. The van der Waals surface area contributed by atoms with E-state index in [0.29, 0.717) is 23.3 Å². The highest BCUT2D eigenvalue weighted by Crippen LogP contribution is 2.19. The molecular formula is C18H20N4O2. The summed E-state index contributed by atoms with van der Waals surface area (Å²) in [5.74, 6) is 0.391. The van der Waals surface area contributed by atoms with Crippen LogP contribution in [0, 0.1) is 0 Å². The zero-order valence-electron chi connectivity index (χ0n) is 13.4. The van der Waals surface area contributed by atoms with Gasteiger partial charge >= 0.3 is 0 Å². The van der Waals surface area contributed by atoms with Gasteiger partial charge in [-0.2, -0.15) is 0 Å². The average Bonchev–Trinajstić information content (AvgIpc) is 3.07. The summed E-state index contributed by atoms with van der Waals surface area (Å²) in [4.78, 5) is 20.6. The highest BCUT2D eigenvalue weighted by molar-refractivity contribution is 6.13. The molecule has 2 aromatic rings. The predicted octanol–water partition coefficient (Wildman–Crippen LogP) is 2.97. The maximum absolute atomic E-state index is 12.1. The first-order valence-electron chi connectivity index (χ1n) is 8.49. The number of hydrogen-bond acceptors (Lipinski definition) is 5. The van der Waals surface area contributed by atoms with E-state index >= 15 is 0 Å². The highest BCUT2D eigenvalue weighted by atomic mass is 16.3. The Bertz CT molecular complexity index is 813. The number of fused-ring (bicyclic) bond motifs is 1. The molecule has 124 valence electrons. The van der Waals surface area contributed by atoms with Crippen molar-refractivity contribution in [3.63, 3.8) is 0 Å². The minimum Gasteiger partial charge on any atom is -0.443 e. The molecule has 1 amide bonds. The number of rotatable bonds is 2. The molecule has 0 bridgehead atoms. The lowest BCUT2D eigenvalue weighted by Crippen LogP contribution is -2.42. The number of hydrogen-bond donors (Lipinski definition) is 2. The second-order valence-corrected chi connectivity index (χ2v) is 6.36. The lowest BCUT2D eigenvalue weighted by Gasteiger charge is -2.16. The fourth-order valence-electron chi connectivity index (χ4n) is 3.27. The Morgan fingerprint density at radius 3 is 2.88 bits per heavy atom. The molecule has 0 unspecified atom stereocenters. The minimum absolute atomic E-state index is 0.177. The quantitative estimate of drug-likeness (QED) is 0.657. The number of amides is 1. The molecule has 1 fully saturated rings. The summed E-state index contributed by atoms with van der Waals surface area (Å²) in [6.45, 7) is 0. The van der Waals surface area contributed by atoms with E-state index in [1.165, 1.54) is 32.1 Å². The number of carbonyl (C=O) groups is 1. The number of guanidine groups is 1. The van der Waals surface area contributed by atoms with E-state index in [-0.39, 0.29) is 5.91 Å². The Morgan fingerprint density at radius 2 is 2.04 bits per heavy atom. The Labute approximate surface area is 140 Å². The van der Waals surface area contributed by atoms with E-state index in [2.05, 4.69) is 20.6 Å². The molecule has 6 heteroatoms. The number of oxazole rings is 1. The second kappa shape index (κ2) is 6.47. The van der Waals surface area contributed by atoms with Gasteiger partial charge in [0.05, 0.1) is 0 Å². The predicted molar refractivity (Wildman–Crippen MR) is 92.2 cm³/mol. The number of aromatic nitrogens is 1. The molecule has 0 radical (unpaired) electrons. The maximum atomic E-state index is 12.1. The Kier molecular flexibility index (Phi) is 4.02. The molecule has 2 heterocycles. The van der Waals surface area contributed by atoms with Gasteiger partial charge in [-0.15, -0.1) is 0 Å². The van der Waals surface area contributed by atoms with Crippen LogP contribution in [0.1, 0.15) is 44.1 Å². The van der Waals surface area contributed by atoms with Gasteiger partial charge in [-0.25, -0.2) is 9.98 Å². The fourth-order valence-corrected chi connectivity index (χ4v) is 3.27. The van der Waals surface area contributed by atoms with Crippen molar-refractivity contribution in [2.45, 2.75) is 44.6 Å². The van der Waals surface area contributed by atoms with Gasteiger partial charge in [0, 0.05) is 6.04 Å². The van der Waals surface area contributed by atoms with Crippen molar-refractivity contribution in [2.24, 2.45) is 4.99 Å². The van der Waals surface area contributed by atoms with Gasteiger partial charge in [0.2, 0.25) is 5.96 Å². The lowest BCUT2D eigenvalue weighted by molar-refractivity contribution is -0.115. The zero-order valence-corrected chi connectivity index (χ0v) is 13.4. The third-order valence-corrected chi connectivity index (χ3v) is 4.55. The van der Waals surface area contributed by atoms with E-state index < -0.39 is 0 Å². The van der Waals surface area contributed by atoms with E-state index in [0.717, 1.165) is 23.9 Å². The molecule has 1 saturated carbocycles. The monoisotopic (exact) mass is 324 g/mol. The van der Waals surface area contributed by atoms with E-state index in [9.17, 15) is 4.79 Å². The summed E-state index contributed by atoms with van der Waals surface area (Å²) in [5.41, 5.74) is 2.77. The van der Waals surface area contributed by atoms with Gasteiger partial charge in [0.15, 0.2) is 12.0 Å². The number of nitrogens with zero attached hydrogens (tertiary/aromatic N) is 2. The van der Waals surface area contributed by atoms with Crippen LogP contribution in [0.2, 0.25) is 0 Å². The third kappa shape index (κ3) is 3.18. The number of benzene rings is 1. The normalized spacial score (nSPS) is 20.9. The SMILES string of the molecule is O=C1NC(NC2CCCCCC2)=N/C1=C\c1ccc2ncoc2c1. The molecule has 4 rings (SSSR count). The molecule has 0 saturated heterocycles.